The van der Waals surface area contributed by atoms with Crippen molar-refractivity contribution in [2.75, 3.05) is 6.61 Å². The summed E-state index contributed by atoms with van der Waals surface area (Å²) < 4.78 is 5.13. The summed E-state index contributed by atoms with van der Waals surface area (Å²) in [4.78, 5) is 11.8. The average molecular weight is 216 g/mol. The van der Waals surface area contributed by atoms with Crippen LogP contribution in [0.25, 0.3) is 0 Å². The van der Waals surface area contributed by atoms with Gasteiger partial charge in [-0.25, -0.2) is 0 Å². The topological polar surface area (TPSA) is 26.3 Å². The molecule has 0 N–H and O–H groups in total. The van der Waals surface area contributed by atoms with E-state index in [1.54, 1.807) is 0 Å². The van der Waals surface area contributed by atoms with Gasteiger partial charge in [-0.1, -0.05) is 24.3 Å². The molecule has 3 rings (SSSR count). The number of ether oxygens (including phenoxy) is 1. The van der Waals surface area contributed by atoms with Crippen LogP contribution >= 0.6 is 0 Å². The third-order valence-corrected chi connectivity index (χ3v) is 3.89. The first-order valence-electron chi connectivity index (χ1n) is 6.07. The zero-order chi connectivity index (χ0) is 11.1. The number of carbonyl (C=O) groups is 1. The predicted octanol–water partition coefficient (Wildman–Crippen LogP) is 2.53. The molecule has 2 aliphatic carbocycles. The Kier molecular flexibility index (Phi) is 2.23. The second-order valence-electron chi connectivity index (χ2n) is 4.70. The van der Waals surface area contributed by atoms with Gasteiger partial charge in [0.15, 0.2) is 0 Å². The number of rotatable bonds is 2. The van der Waals surface area contributed by atoms with Crippen molar-refractivity contribution in [1.82, 2.24) is 0 Å². The Labute approximate surface area is 95.6 Å². The number of benzene rings is 1. The summed E-state index contributed by atoms with van der Waals surface area (Å²) >= 11 is 0. The molecule has 0 radical (unpaired) electrons. The number of aryl methyl sites for hydroxylation is 1. The van der Waals surface area contributed by atoms with E-state index in [0.717, 1.165) is 12.8 Å². The zero-order valence-electron chi connectivity index (χ0n) is 9.48. The van der Waals surface area contributed by atoms with Gasteiger partial charge in [0.2, 0.25) is 0 Å². The van der Waals surface area contributed by atoms with E-state index in [9.17, 15) is 4.79 Å². The highest BCUT2D eigenvalue weighted by atomic mass is 16.5. The van der Waals surface area contributed by atoms with Crippen molar-refractivity contribution in [3.63, 3.8) is 0 Å². The van der Waals surface area contributed by atoms with E-state index in [2.05, 4.69) is 24.3 Å². The van der Waals surface area contributed by atoms with Crippen LogP contribution in [0.4, 0.5) is 0 Å². The molecule has 1 aromatic rings. The predicted molar refractivity (Wildman–Crippen MR) is 61.1 cm³/mol. The molecule has 16 heavy (non-hydrogen) atoms. The van der Waals surface area contributed by atoms with E-state index in [0.29, 0.717) is 18.4 Å². The maximum absolute atomic E-state index is 11.8. The summed E-state index contributed by atoms with van der Waals surface area (Å²) in [5.74, 6) is 1.15. The van der Waals surface area contributed by atoms with Crippen LogP contribution in [0.5, 0.6) is 0 Å². The van der Waals surface area contributed by atoms with E-state index in [1.165, 1.54) is 11.1 Å². The highest BCUT2D eigenvalue weighted by molar-refractivity contribution is 5.78. The fraction of sp³-hybridized carbons (Fsp3) is 0.500. The van der Waals surface area contributed by atoms with Crippen LogP contribution in [0, 0.1) is 11.8 Å². The van der Waals surface area contributed by atoms with Crippen molar-refractivity contribution in [1.29, 1.82) is 0 Å². The van der Waals surface area contributed by atoms with E-state index >= 15 is 0 Å². The highest BCUT2D eigenvalue weighted by Crippen LogP contribution is 2.60. The third kappa shape index (κ3) is 1.36. The molecular formula is C14H16O2. The molecule has 84 valence electrons. The summed E-state index contributed by atoms with van der Waals surface area (Å²) in [5, 5.41) is 0. The van der Waals surface area contributed by atoms with Crippen molar-refractivity contribution < 1.29 is 9.53 Å². The maximum atomic E-state index is 11.8. The number of fused-ring (bicyclic) bond motifs is 3. The lowest BCUT2D eigenvalue weighted by molar-refractivity contribution is -0.145. The standard InChI is InChI=1S/C14H16O2/c1-2-16-14(15)13-11-8-7-9-5-3-4-6-10(9)12(11)13/h3-6,11-13H,2,7-8H2,1H3/t11-,12+,13+/m0/s1. The smallest absolute Gasteiger partial charge is 0.309 e. The summed E-state index contributed by atoms with van der Waals surface area (Å²) in [7, 11) is 0. The molecule has 1 saturated carbocycles. The summed E-state index contributed by atoms with van der Waals surface area (Å²) in [6.07, 6.45) is 2.26. The molecule has 0 aromatic heterocycles. The lowest BCUT2D eigenvalue weighted by Gasteiger charge is -2.13. The highest BCUT2D eigenvalue weighted by Gasteiger charge is 2.57. The Balaban J connectivity index is 1.85. The van der Waals surface area contributed by atoms with Gasteiger partial charge in [-0.15, -0.1) is 0 Å². The van der Waals surface area contributed by atoms with Crippen molar-refractivity contribution >= 4 is 5.97 Å². The molecule has 3 atom stereocenters. The average Bonchev–Trinajstić information content (AvgIpc) is 3.04. The first-order valence-corrected chi connectivity index (χ1v) is 6.07. The Morgan fingerprint density at radius 2 is 2.25 bits per heavy atom. The molecular weight excluding hydrogens is 200 g/mol. The van der Waals surface area contributed by atoms with Crippen LogP contribution in [0.15, 0.2) is 24.3 Å². The van der Waals surface area contributed by atoms with E-state index in [-0.39, 0.29) is 11.9 Å². The van der Waals surface area contributed by atoms with Gasteiger partial charge in [-0.2, -0.15) is 0 Å². The minimum Gasteiger partial charge on any atom is -0.466 e. The SMILES string of the molecule is CCOC(=O)[C@@H]1[C@H]2CCc3ccccc3[C@H]21. The van der Waals surface area contributed by atoms with Gasteiger partial charge in [0, 0.05) is 5.92 Å². The third-order valence-electron chi connectivity index (χ3n) is 3.89. The Bertz CT molecular complexity index is 424. The van der Waals surface area contributed by atoms with Gasteiger partial charge >= 0.3 is 5.97 Å². The molecule has 1 aromatic carbocycles. The van der Waals surface area contributed by atoms with Gasteiger partial charge in [-0.3, -0.25) is 4.79 Å². The Hall–Kier alpha value is -1.31. The van der Waals surface area contributed by atoms with Crippen LogP contribution < -0.4 is 0 Å². The Morgan fingerprint density at radius 1 is 1.44 bits per heavy atom. The van der Waals surface area contributed by atoms with Crippen molar-refractivity contribution in [2.45, 2.75) is 25.7 Å². The largest absolute Gasteiger partial charge is 0.466 e. The lowest BCUT2D eigenvalue weighted by atomic mass is 9.92. The van der Waals surface area contributed by atoms with E-state index < -0.39 is 0 Å². The molecule has 0 aliphatic heterocycles. The van der Waals surface area contributed by atoms with E-state index in [1.807, 2.05) is 6.92 Å². The zero-order valence-corrected chi connectivity index (χ0v) is 9.48. The van der Waals surface area contributed by atoms with E-state index in [4.69, 9.17) is 4.74 Å². The first-order chi connectivity index (χ1) is 7.83. The van der Waals surface area contributed by atoms with Crippen molar-refractivity contribution in [3.8, 4) is 0 Å². The van der Waals surface area contributed by atoms with Gasteiger partial charge in [0.1, 0.15) is 0 Å². The molecule has 2 aliphatic rings. The fourth-order valence-corrected chi connectivity index (χ4v) is 3.13. The molecule has 0 unspecified atom stereocenters. The van der Waals surface area contributed by atoms with Crippen molar-refractivity contribution in [2.24, 2.45) is 11.8 Å². The van der Waals surface area contributed by atoms with Crippen LogP contribution in [0.1, 0.15) is 30.4 Å². The molecule has 0 bridgehead atoms. The summed E-state index contributed by atoms with van der Waals surface area (Å²) in [5.41, 5.74) is 2.81. The number of hydrogen-bond acceptors (Lipinski definition) is 2. The molecule has 0 saturated heterocycles. The number of hydrogen-bond donors (Lipinski definition) is 0. The van der Waals surface area contributed by atoms with Gasteiger partial charge in [-0.05, 0) is 36.8 Å². The Morgan fingerprint density at radius 3 is 3.06 bits per heavy atom. The molecule has 0 heterocycles. The van der Waals surface area contributed by atoms with Crippen molar-refractivity contribution in [3.05, 3.63) is 35.4 Å². The van der Waals surface area contributed by atoms with Gasteiger partial charge in [0.05, 0.1) is 12.5 Å². The summed E-state index contributed by atoms with van der Waals surface area (Å²) in [6.45, 7) is 2.37. The van der Waals surface area contributed by atoms with Crippen LogP contribution in [0.3, 0.4) is 0 Å². The van der Waals surface area contributed by atoms with Crippen LogP contribution in [-0.4, -0.2) is 12.6 Å². The van der Waals surface area contributed by atoms with Gasteiger partial charge in [0.25, 0.3) is 0 Å². The van der Waals surface area contributed by atoms with Gasteiger partial charge < -0.3 is 4.74 Å². The maximum Gasteiger partial charge on any atom is 0.309 e. The molecule has 0 spiro atoms. The summed E-state index contributed by atoms with van der Waals surface area (Å²) in [6, 6.07) is 8.51. The molecule has 2 heteroatoms. The quantitative estimate of drug-likeness (QED) is 0.710. The fourth-order valence-electron chi connectivity index (χ4n) is 3.13. The second kappa shape index (κ2) is 3.62. The molecule has 1 fully saturated rings. The first kappa shape index (κ1) is 9.88. The monoisotopic (exact) mass is 216 g/mol. The normalized spacial score (nSPS) is 30.2. The van der Waals surface area contributed by atoms with Crippen LogP contribution in [0.2, 0.25) is 0 Å². The molecule has 2 nitrogen and oxygen atoms in total. The number of carbonyl (C=O) groups excluding carboxylic acids is 1. The minimum atomic E-state index is 0.00852. The molecule has 0 amide bonds. The number of esters is 1. The second-order valence-corrected chi connectivity index (χ2v) is 4.70. The van der Waals surface area contributed by atoms with Crippen LogP contribution in [-0.2, 0) is 16.0 Å². The lowest BCUT2D eigenvalue weighted by Crippen LogP contribution is -2.08. The minimum absolute atomic E-state index is 0.00852.